The molecule has 33 heavy (non-hydrogen) atoms. The van der Waals surface area contributed by atoms with E-state index in [1.54, 1.807) is 60.7 Å². The van der Waals surface area contributed by atoms with Crippen LogP contribution >= 0.6 is 0 Å². The zero-order valence-electron chi connectivity index (χ0n) is 17.4. The predicted molar refractivity (Wildman–Crippen MR) is 127 cm³/mol. The Morgan fingerprint density at radius 3 is 1.30 bits per heavy atom. The van der Waals surface area contributed by atoms with E-state index in [-0.39, 0.29) is 20.9 Å². The number of hydrogen-bond acceptors (Lipinski definition) is 4. The van der Waals surface area contributed by atoms with Crippen LogP contribution in [0.25, 0.3) is 0 Å². The number of anilines is 2. The van der Waals surface area contributed by atoms with Gasteiger partial charge in [-0.15, -0.1) is 0 Å². The van der Waals surface area contributed by atoms with Crippen LogP contribution in [0.1, 0.15) is 20.7 Å². The molecule has 0 aliphatic rings. The molecule has 0 heterocycles. The maximum Gasteiger partial charge on any atom is 0.255 e. The Hall–Kier alpha value is -4.23. The van der Waals surface area contributed by atoms with Gasteiger partial charge in [-0.05, 0) is 60.7 Å². The molecule has 0 saturated carbocycles. The van der Waals surface area contributed by atoms with Gasteiger partial charge in [-0.25, -0.2) is 8.42 Å². The summed E-state index contributed by atoms with van der Waals surface area (Å²) in [6, 6.07) is 29.4. The lowest BCUT2D eigenvalue weighted by molar-refractivity contribution is 0.101. The summed E-state index contributed by atoms with van der Waals surface area (Å²) in [6.07, 6.45) is 0. The molecule has 0 bridgehead atoms. The quantitative estimate of drug-likeness (QED) is 0.426. The largest absolute Gasteiger partial charge is 0.322 e. The van der Waals surface area contributed by atoms with Crippen molar-refractivity contribution < 1.29 is 18.0 Å². The Kier molecular flexibility index (Phi) is 6.33. The monoisotopic (exact) mass is 456 g/mol. The molecule has 4 aromatic carbocycles. The normalized spacial score (nSPS) is 10.9. The number of benzene rings is 4. The van der Waals surface area contributed by atoms with E-state index in [4.69, 9.17) is 0 Å². The standard InChI is InChI=1S/C26H20N2O4S/c29-25(27-21-11-3-1-4-12-21)19-9-7-15-23(17-19)33(31,32)24-16-8-10-20(18-24)26(30)28-22-13-5-2-6-14-22/h1-18H,(H,27,29)(H,28,30). The number of carbonyl (C=O) groups excluding carboxylic acids is 2. The summed E-state index contributed by atoms with van der Waals surface area (Å²) in [5.74, 6) is -0.844. The molecule has 6 nitrogen and oxygen atoms in total. The van der Waals surface area contributed by atoms with Crippen LogP contribution in [0.15, 0.2) is 119 Å². The average molecular weight is 457 g/mol. The van der Waals surface area contributed by atoms with E-state index in [1.807, 2.05) is 12.1 Å². The Labute approximate surface area is 191 Å². The van der Waals surface area contributed by atoms with Crippen LogP contribution in [-0.4, -0.2) is 20.2 Å². The SMILES string of the molecule is O=C(Nc1ccccc1)c1cccc(S(=O)(=O)c2cccc(C(=O)Nc3ccccc3)c2)c1. The summed E-state index contributed by atoms with van der Waals surface area (Å²) < 4.78 is 26.5. The summed E-state index contributed by atoms with van der Waals surface area (Å²) in [6.45, 7) is 0. The summed E-state index contributed by atoms with van der Waals surface area (Å²) in [5, 5.41) is 5.47. The number of hydrogen-bond donors (Lipinski definition) is 2. The molecule has 164 valence electrons. The molecule has 2 N–H and O–H groups in total. The van der Waals surface area contributed by atoms with Crippen molar-refractivity contribution in [1.29, 1.82) is 0 Å². The lowest BCUT2D eigenvalue weighted by Crippen LogP contribution is -2.14. The van der Waals surface area contributed by atoms with Crippen molar-refractivity contribution in [2.75, 3.05) is 10.6 Å². The third-order valence-corrected chi connectivity index (χ3v) is 6.63. The van der Waals surface area contributed by atoms with E-state index in [2.05, 4.69) is 10.6 Å². The number of rotatable bonds is 6. The Morgan fingerprint density at radius 2 is 0.909 bits per heavy atom. The second kappa shape index (κ2) is 9.50. The summed E-state index contributed by atoms with van der Waals surface area (Å²) in [4.78, 5) is 25.1. The Morgan fingerprint density at radius 1 is 0.515 bits per heavy atom. The molecule has 4 aromatic rings. The van der Waals surface area contributed by atoms with Crippen LogP contribution in [0.5, 0.6) is 0 Å². The minimum atomic E-state index is -3.96. The average Bonchev–Trinajstić information content (AvgIpc) is 2.85. The Bertz CT molecular complexity index is 1300. The van der Waals surface area contributed by atoms with Crippen molar-refractivity contribution in [2.24, 2.45) is 0 Å². The van der Waals surface area contributed by atoms with E-state index >= 15 is 0 Å². The topological polar surface area (TPSA) is 92.3 Å². The second-order valence-electron chi connectivity index (χ2n) is 7.20. The van der Waals surface area contributed by atoms with Crippen molar-refractivity contribution in [1.82, 2.24) is 0 Å². The van der Waals surface area contributed by atoms with Crippen LogP contribution in [0.4, 0.5) is 11.4 Å². The molecule has 7 heteroatoms. The minimum Gasteiger partial charge on any atom is -0.322 e. The lowest BCUT2D eigenvalue weighted by Gasteiger charge is -2.10. The fourth-order valence-corrected chi connectivity index (χ4v) is 4.55. The van der Waals surface area contributed by atoms with Crippen molar-refractivity contribution in [2.45, 2.75) is 9.79 Å². The zero-order valence-corrected chi connectivity index (χ0v) is 18.3. The van der Waals surface area contributed by atoms with Gasteiger partial charge in [0, 0.05) is 22.5 Å². The van der Waals surface area contributed by atoms with Gasteiger partial charge in [-0.3, -0.25) is 9.59 Å². The van der Waals surface area contributed by atoms with Crippen LogP contribution in [0, 0.1) is 0 Å². The molecule has 0 radical (unpaired) electrons. The molecule has 0 fully saturated rings. The van der Waals surface area contributed by atoms with Gasteiger partial charge in [0.2, 0.25) is 9.84 Å². The molecule has 0 unspecified atom stereocenters. The van der Waals surface area contributed by atoms with Crippen LogP contribution in [0.2, 0.25) is 0 Å². The maximum atomic E-state index is 13.2. The first-order valence-corrected chi connectivity index (χ1v) is 11.6. The Balaban J connectivity index is 1.58. The molecule has 0 atom stereocenters. The fourth-order valence-electron chi connectivity index (χ4n) is 3.19. The number of nitrogens with one attached hydrogen (secondary N) is 2. The van der Waals surface area contributed by atoms with Crippen LogP contribution in [0.3, 0.4) is 0 Å². The molecule has 2 amide bonds. The van der Waals surface area contributed by atoms with Gasteiger partial charge in [0.05, 0.1) is 9.79 Å². The third kappa shape index (κ3) is 5.16. The molecule has 4 rings (SSSR count). The minimum absolute atomic E-state index is 0.0381. The second-order valence-corrected chi connectivity index (χ2v) is 9.15. The molecular formula is C26H20N2O4S. The summed E-state index contributed by atoms with van der Waals surface area (Å²) in [7, 11) is -3.96. The number of sulfone groups is 1. The number of para-hydroxylation sites is 2. The van der Waals surface area contributed by atoms with Gasteiger partial charge in [0.25, 0.3) is 11.8 Å². The van der Waals surface area contributed by atoms with Gasteiger partial charge in [-0.2, -0.15) is 0 Å². The van der Waals surface area contributed by atoms with Gasteiger partial charge in [0.1, 0.15) is 0 Å². The van der Waals surface area contributed by atoms with Crippen molar-refractivity contribution >= 4 is 33.0 Å². The van der Waals surface area contributed by atoms with Crippen molar-refractivity contribution in [3.63, 3.8) is 0 Å². The van der Waals surface area contributed by atoms with E-state index in [9.17, 15) is 18.0 Å². The molecule has 0 aliphatic carbocycles. The first kappa shape index (κ1) is 22.0. The highest BCUT2D eigenvalue weighted by molar-refractivity contribution is 7.91. The van der Waals surface area contributed by atoms with Gasteiger partial charge in [-0.1, -0.05) is 48.5 Å². The van der Waals surface area contributed by atoms with Gasteiger partial charge in [0.15, 0.2) is 0 Å². The molecular weight excluding hydrogens is 436 g/mol. The molecule has 0 spiro atoms. The molecule has 0 aliphatic heterocycles. The predicted octanol–water partition coefficient (Wildman–Crippen LogP) is 5.02. The molecule has 0 aromatic heterocycles. The molecule has 0 saturated heterocycles. The zero-order chi connectivity index (χ0) is 23.3. The smallest absolute Gasteiger partial charge is 0.255 e. The van der Waals surface area contributed by atoms with E-state index < -0.39 is 21.7 Å². The van der Waals surface area contributed by atoms with Gasteiger partial charge >= 0.3 is 0 Å². The maximum absolute atomic E-state index is 13.2. The summed E-state index contributed by atoms with van der Waals surface area (Å²) >= 11 is 0. The first-order valence-electron chi connectivity index (χ1n) is 10.1. The van der Waals surface area contributed by atoms with Crippen LogP contribution < -0.4 is 10.6 Å². The highest BCUT2D eigenvalue weighted by Crippen LogP contribution is 2.23. The first-order chi connectivity index (χ1) is 15.9. The number of carbonyl (C=O) groups is 2. The van der Waals surface area contributed by atoms with Crippen molar-refractivity contribution in [3.05, 3.63) is 120 Å². The fraction of sp³-hybridized carbons (Fsp3) is 0. The highest BCUT2D eigenvalue weighted by Gasteiger charge is 2.21. The summed E-state index contributed by atoms with van der Waals surface area (Å²) in [5.41, 5.74) is 1.62. The number of amides is 2. The third-order valence-electron chi connectivity index (χ3n) is 4.88. The van der Waals surface area contributed by atoms with Crippen molar-refractivity contribution in [3.8, 4) is 0 Å². The van der Waals surface area contributed by atoms with E-state index in [0.717, 1.165) is 0 Å². The van der Waals surface area contributed by atoms with Crippen LogP contribution in [-0.2, 0) is 9.84 Å². The van der Waals surface area contributed by atoms with Gasteiger partial charge < -0.3 is 10.6 Å². The van der Waals surface area contributed by atoms with E-state index in [1.165, 1.54) is 36.4 Å². The lowest BCUT2D eigenvalue weighted by atomic mass is 10.2. The van der Waals surface area contributed by atoms with E-state index in [0.29, 0.717) is 11.4 Å². The highest BCUT2D eigenvalue weighted by atomic mass is 32.2.